The third-order valence-corrected chi connectivity index (χ3v) is 5.46. The van der Waals surface area contributed by atoms with Crippen molar-refractivity contribution in [2.24, 2.45) is 0 Å². The molecule has 0 aliphatic carbocycles. The maximum absolute atomic E-state index is 13.8. The molecular formula is C18H17BrFN4O6P. The molecule has 1 unspecified atom stereocenters. The lowest BCUT2D eigenvalue weighted by molar-refractivity contribution is -0.118. The molecule has 0 saturated heterocycles. The van der Waals surface area contributed by atoms with Crippen molar-refractivity contribution in [3.8, 4) is 11.5 Å². The third kappa shape index (κ3) is 5.10. The summed E-state index contributed by atoms with van der Waals surface area (Å²) in [4.78, 5) is 38.2. The molecule has 4 N–H and O–H groups in total. The summed E-state index contributed by atoms with van der Waals surface area (Å²) in [5.41, 5.74) is 1.01. The monoisotopic (exact) mass is 514 g/mol. The van der Waals surface area contributed by atoms with Crippen LogP contribution < -0.4 is 20.1 Å². The van der Waals surface area contributed by atoms with E-state index in [2.05, 4.69) is 36.5 Å². The van der Waals surface area contributed by atoms with Crippen LogP contribution in [0.2, 0.25) is 0 Å². The van der Waals surface area contributed by atoms with Gasteiger partial charge in [0.25, 0.3) is 11.8 Å². The molecule has 0 bridgehead atoms. The number of alkyl halides is 1. The summed E-state index contributed by atoms with van der Waals surface area (Å²) in [6.45, 7) is 0. The number of benzene rings is 2. The number of carbonyl (C=O) groups is 1. The first kappa shape index (κ1) is 22.9. The molecule has 0 fully saturated rings. The minimum Gasteiger partial charge on any atom is -0.495 e. The largest absolute Gasteiger partial charge is 0.495 e. The predicted molar refractivity (Wildman–Crippen MR) is 116 cm³/mol. The average molecular weight is 515 g/mol. The van der Waals surface area contributed by atoms with Crippen molar-refractivity contribution in [1.29, 1.82) is 0 Å². The average Bonchev–Trinajstić information content (AvgIpc) is 2.72. The lowest BCUT2D eigenvalue weighted by atomic mass is 10.1. The summed E-state index contributed by atoms with van der Waals surface area (Å²) >= 11 is 3.38. The van der Waals surface area contributed by atoms with Crippen LogP contribution in [0.4, 0.5) is 21.6 Å². The maximum atomic E-state index is 13.8. The second-order valence-electron chi connectivity index (χ2n) is 6.18. The molecule has 1 atom stereocenters. The molecule has 13 heteroatoms. The number of aromatic nitrogens is 2. The number of methoxy groups -OCH3 is 2. The minimum absolute atomic E-state index is 0.0184. The Morgan fingerprint density at radius 3 is 2.48 bits per heavy atom. The van der Waals surface area contributed by atoms with Gasteiger partial charge in [-0.25, -0.2) is 14.4 Å². The highest BCUT2D eigenvalue weighted by Gasteiger charge is 2.36. The molecule has 1 aromatic heterocycles. The van der Waals surface area contributed by atoms with Crippen molar-refractivity contribution in [3.05, 3.63) is 41.1 Å². The van der Waals surface area contributed by atoms with E-state index in [9.17, 15) is 13.8 Å². The van der Waals surface area contributed by atoms with E-state index in [4.69, 9.17) is 19.3 Å². The van der Waals surface area contributed by atoms with Crippen LogP contribution >= 0.6 is 23.5 Å². The van der Waals surface area contributed by atoms with Crippen LogP contribution in [0.5, 0.6) is 11.5 Å². The Labute approximate surface area is 184 Å². The van der Waals surface area contributed by atoms with Gasteiger partial charge in [0.2, 0.25) is 0 Å². The van der Waals surface area contributed by atoms with Crippen LogP contribution in [0.15, 0.2) is 41.1 Å². The zero-order chi connectivity index (χ0) is 22.8. The van der Waals surface area contributed by atoms with Crippen molar-refractivity contribution in [3.63, 3.8) is 0 Å². The molecular weight excluding hydrogens is 498 g/mol. The lowest BCUT2D eigenvalue weighted by Gasteiger charge is -2.16. The van der Waals surface area contributed by atoms with E-state index in [0.717, 1.165) is 4.47 Å². The molecule has 3 rings (SSSR count). The van der Waals surface area contributed by atoms with Crippen LogP contribution in [0.25, 0.3) is 10.9 Å². The normalized spacial score (nSPS) is 12.3. The van der Waals surface area contributed by atoms with Gasteiger partial charge >= 0.3 is 7.60 Å². The van der Waals surface area contributed by atoms with Crippen molar-refractivity contribution in [2.75, 3.05) is 24.9 Å². The first-order chi connectivity index (χ1) is 14.6. The first-order valence-electron chi connectivity index (χ1n) is 8.57. The summed E-state index contributed by atoms with van der Waals surface area (Å²) < 4.78 is 36.1. The van der Waals surface area contributed by atoms with Gasteiger partial charge in [0, 0.05) is 15.9 Å². The zero-order valence-electron chi connectivity index (χ0n) is 16.2. The van der Waals surface area contributed by atoms with Crippen LogP contribution in [0.1, 0.15) is 0 Å². The molecule has 10 nitrogen and oxygen atoms in total. The van der Waals surface area contributed by atoms with Crippen molar-refractivity contribution >= 4 is 57.5 Å². The lowest BCUT2D eigenvalue weighted by Crippen LogP contribution is -2.24. The Balaban J connectivity index is 2.05. The van der Waals surface area contributed by atoms with E-state index < -0.39 is 19.4 Å². The van der Waals surface area contributed by atoms with Crippen LogP contribution in [0.3, 0.4) is 0 Å². The van der Waals surface area contributed by atoms with Gasteiger partial charge in [-0.15, -0.1) is 0 Å². The van der Waals surface area contributed by atoms with E-state index in [1.54, 1.807) is 18.2 Å². The molecule has 2 aromatic carbocycles. The number of nitrogens with zero attached hydrogens (tertiary/aromatic N) is 2. The summed E-state index contributed by atoms with van der Waals surface area (Å²) in [6.07, 6.45) is 1.32. The first-order valence-corrected chi connectivity index (χ1v) is 11.0. The zero-order valence-corrected chi connectivity index (χ0v) is 18.6. The van der Waals surface area contributed by atoms with E-state index in [-0.39, 0.29) is 11.4 Å². The molecule has 164 valence electrons. The fourth-order valence-electron chi connectivity index (χ4n) is 2.70. The van der Waals surface area contributed by atoms with Gasteiger partial charge in [-0.1, -0.05) is 15.9 Å². The summed E-state index contributed by atoms with van der Waals surface area (Å²) in [5, 5.41) is 5.67. The fourth-order valence-corrected chi connectivity index (χ4v) is 3.43. The maximum Gasteiger partial charge on any atom is 0.369 e. The molecule has 0 aliphatic heterocycles. The number of nitrogens with one attached hydrogen (secondary N) is 2. The van der Waals surface area contributed by atoms with Crippen molar-refractivity contribution < 1.29 is 33.0 Å². The Morgan fingerprint density at radius 1 is 1.13 bits per heavy atom. The van der Waals surface area contributed by atoms with Gasteiger partial charge in [0.15, 0.2) is 0 Å². The number of amides is 1. The molecule has 3 aromatic rings. The Bertz CT molecular complexity index is 1190. The van der Waals surface area contributed by atoms with Gasteiger partial charge in [0.1, 0.15) is 23.6 Å². The van der Waals surface area contributed by atoms with Crippen LogP contribution in [-0.2, 0) is 9.36 Å². The second kappa shape index (κ2) is 9.15. The number of rotatable bonds is 7. The number of ether oxygens (including phenoxy) is 2. The molecule has 0 saturated carbocycles. The predicted octanol–water partition coefficient (Wildman–Crippen LogP) is 3.56. The number of hydrogen-bond donors (Lipinski definition) is 4. The van der Waals surface area contributed by atoms with Crippen molar-refractivity contribution in [1.82, 2.24) is 9.97 Å². The Morgan fingerprint density at radius 2 is 1.84 bits per heavy atom. The van der Waals surface area contributed by atoms with Gasteiger partial charge in [-0.05, 0) is 24.3 Å². The number of halogens is 2. The van der Waals surface area contributed by atoms with E-state index in [1.807, 2.05) is 0 Å². The second-order valence-corrected chi connectivity index (χ2v) is 8.72. The molecule has 0 spiro atoms. The molecule has 0 radical (unpaired) electrons. The summed E-state index contributed by atoms with van der Waals surface area (Å²) in [7, 11) is -2.43. The smallest absolute Gasteiger partial charge is 0.369 e. The van der Waals surface area contributed by atoms with E-state index >= 15 is 0 Å². The highest BCUT2D eigenvalue weighted by atomic mass is 79.9. The van der Waals surface area contributed by atoms with E-state index in [1.165, 1.54) is 32.7 Å². The number of anilines is 3. The highest BCUT2D eigenvalue weighted by Crippen LogP contribution is 2.43. The van der Waals surface area contributed by atoms with Gasteiger partial charge in [-0.3, -0.25) is 9.36 Å². The Kier molecular flexibility index (Phi) is 6.75. The third-order valence-electron chi connectivity index (χ3n) is 4.14. The number of hydrogen-bond acceptors (Lipinski definition) is 7. The van der Waals surface area contributed by atoms with Crippen molar-refractivity contribution in [2.45, 2.75) is 5.91 Å². The summed E-state index contributed by atoms with van der Waals surface area (Å²) in [5.74, 6) is -3.54. The molecule has 31 heavy (non-hydrogen) atoms. The Hall–Kier alpha value is -2.79. The highest BCUT2D eigenvalue weighted by molar-refractivity contribution is 9.10. The molecule has 1 heterocycles. The molecule has 0 aliphatic rings. The number of fused-ring (bicyclic) bond motifs is 1. The van der Waals surface area contributed by atoms with Crippen LogP contribution in [0, 0.1) is 0 Å². The summed E-state index contributed by atoms with van der Waals surface area (Å²) in [6, 6.07) is 8.20. The fraction of sp³-hybridized carbons (Fsp3) is 0.167. The minimum atomic E-state index is -5.27. The van der Waals surface area contributed by atoms with Gasteiger partial charge in [-0.2, -0.15) is 0 Å². The van der Waals surface area contributed by atoms with Gasteiger partial charge < -0.3 is 29.9 Å². The number of carbonyl (C=O) groups excluding carboxylic acids is 1. The SMILES string of the molecule is COc1cc2ncnc(Nc3cc(Br)ccc3OC)c2cc1NC(=O)C(F)P(=O)(O)O. The quantitative estimate of drug-likeness (QED) is 0.348. The van der Waals surface area contributed by atoms with Gasteiger partial charge in [0.05, 0.1) is 31.1 Å². The van der Waals surface area contributed by atoms with E-state index in [0.29, 0.717) is 28.2 Å². The van der Waals surface area contributed by atoms with Crippen LogP contribution in [-0.4, -0.2) is 45.8 Å². The topological polar surface area (TPSA) is 143 Å². The molecule has 1 amide bonds. The standard InChI is InChI=1S/C18H17BrFN4O6P/c1-29-14-4-3-9(19)5-12(14)23-17-10-6-13(24-18(25)16(20)31(26,27)28)15(30-2)7-11(10)21-8-22-17/h3-8,16H,1-2H3,(H,24,25)(H,21,22,23)(H2,26,27,28).